The zero-order valence-corrected chi connectivity index (χ0v) is 19.1. The van der Waals surface area contributed by atoms with Gasteiger partial charge >= 0.3 is 5.97 Å². The van der Waals surface area contributed by atoms with Gasteiger partial charge in [-0.2, -0.15) is 0 Å². The van der Waals surface area contributed by atoms with Crippen LogP contribution in [0.1, 0.15) is 44.8 Å². The fourth-order valence-electron chi connectivity index (χ4n) is 5.06. The van der Waals surface area contributed by atoms with Gasteiger partial charge in [-0.25, -0.2) is 4.79 Å². The number of hydrogen-bond donors (Lipinski definition) is 0. The molecule has 0 N–H and O–H groups in total. The zero-order valence-electron chi connectivity index (χ0n) is 18.3. The lowest BCUT2D eigenvalue weighted by atomic mass is 9.83. The molecule has 5 rings (SSSR count). The van der Waals surface area contributed by atoms with E-state index in [9.17, 15) is 4.79 Å². The molecule has 0 bridgehead atoms. The summed E-state index contributed by atoms with van der Waals surface area (Å²) in [6.07, 6.45) is 0.190. The summed E-state index contributed by atoms with van der Waals surface area (Å²) in [7, 11) is 6.66. The van der Waals surface area contributed by atoms with Gasteiger partial charge < -0.3 is 28.4 Å². The SMILES string of the molecule is COc1ccc2c(c1OC)C(=O)OC2[C@H]1c2c(c(CCl)c3c(c2OC)OCO3)CCN1C. The smallest absolute Gasteiger partial charge is 0.343 e. The highest BCUT2D eigenvalue weighted by Gasteiger charge is 2.47. The number of rotatable bonds is 5. The number of fused-ring (bicyclic) bond motifs is 3. The van der Waals surface area contributed by atoms with Crippen LogP contribution >= 0.6 is 11.6 Å². The van der Waals surface area contributed by atoms with E-state index in [2.05, 4.69) is 4.90 Å². The first-order chi connectivity index (χ1) is 15.5. The van der Waals surface area contributed by atoms with E-state index in [1.807, 2.05) is 13.1 Å². The molecule has 0 saturated carbocycles. The standard InChI is InChI=1S/C23H24ClNO7/c1-25-8-7-11-13(9-24)19-22(31-10-30-19)21(29-4)15(11)17(25)18-12-5-6-14(27-2)20(28-3)16(12)23(26)32-18/h5-6,17-18H,7-10H2,1-4H3/t17-,18?/m1/s1. The first kappa shape index (κ1) is 21.0. The molecule has 0 fully saturated rings. The molecule has 170 valence electrons. The van der Waals surface area contributed by atoms with Crippen LogP contribution in [0.15, 0.2) is 12.1 Å². The van der Waals surface area contributed by atoms with Crippen LogP contribution < -0.4 is 23.7 Å². The third-order valence-electron chi connectivity index (χ3n) is 6.46. The molecule has 0 radical (unpaired) electrons. The lowest BCUT2D eigenvalue weighted by molar-refractivity contribution is 0.00870. The van der Waals surface area contributed by atoms with E-state index in [4.69, 9.17) is 40.0 Å². The van der Waals surface area contributed by atoms with E-state index in [1.165, 1.54) is 14.2 Å². The Morgan fingerprint density at radius 1 is 1.09 bits per heavy atom. The maximum absolute atomic E-state index is 13.0. The summed E-state index contributed by atoms with van der Waals surface area (Å²) in [5.41, 5.74) is 3.97. The molecule has 0 spiro atoms. The number of likely N-dealkylation sites (N-methyl/N-ethyl adjacent to an activating group) is 1. The molecule has 0 aromatic heterocycles. The molecule has 0 saturated heterocycles. The summed E-state index contributed by atoms with van der Waals surface area (Å²) in [6, 6.07) is 3.33. The molecule has 32 heavy (non-hydrogen) atoms. The molecule has 0 amide bonds. The van der Waals surface area contributed by atoms with Gasteiger partial charge in [0.2, 0.25) is 12.5 Å². The number of nitrogens with zero attached hydrogens (tertiary/aromatic N) is 1. The van der Waals surface area contributed by atoms with Crippen molar-refractivity contribution >= 4 is 17.6 Å². The van der Waals surface area contributed by atoms with Crippen LogP contribution in [0.3, 0.4) is 0 Å². The second-order valence-electron chi connectivity index (χ2n) is 7.87. The van der Waals surface area contributed by atoms with Gasteiger partial charge in [0.1, 0.15) is 11.7 Å². The van der Waals surface area contributed by atoms with Crippen molar-refractivity contribution in [3.8, 4) is 28.7 Å². The first-order valence-corrected chi connectivity index (χ1v) is 10.8. The van der Waals surface area contributed by atoms with Crippen LogP contribution in [0.25, 0.3) is 0 Å². The Labute approximate surface area is 190 Å². The van der Waals surface area contributed by atoms with Gasteiger partial charge in [-0.15, -0.1) is 11.6 Å². The maximum Gasteiger partial charge on any atom is 0.343 e. The first-order valence-electron chi connectivity index (χ1n) is 10.3. The molecule has 3 aliphatic heterocycles. The van der Waals surface area contributed by atoms with Crippen LogP contribution in [0.4, 0.5) is 0 Å². The topological polar surface area (TPSA) is 75.7 Å². The van der Waals surface area contributed by atoms with E-state index in [0.29, 0.717) is 34.3 Å². The number of carbonyl (C=O) groups is 1. The van der Waals surface area contributed by atoms with Crippen LogP contribution in [0, 0.1) is 0 Å². The largest absolute Gasteiger partial charge is 0.493 e. The Kier molecular flexibility index (Phi) is 5.22. The Morgan fingerprint density at radius 3 is 2.53 bits per heavy atom. The van der Waals surface area contributed by atoms with Crippen LogP contribution in [0.2, 0.25) is 0 Å². The van der Waals surface area contributed by atoms with E-state index in [0.717, 1.165) is 35.2 Å². The number of methoxy groups -OCH3 is 3. The van der Waals surface area contributed by atoms with Crippen molar-refractivity contribution in [2.24, 2.45) is 0 Å². The lowest BCUT2D eigenvalue weighted by Gasteiger charge is -2.39. The molecule has 2 aromatic carbocycles. The van der Waals surface area contributed by atoms with Gasteiger partial charge in [0.15, 0.2) is 23.0 Å². The van der Waals surface area contributed by atoms with Gasteiger partial charge in [-0.05, 0) is 25.1 Å². The average Bonchev–Trinajstić information content (AvgIpc) is 3.41. The minimum Gasteiger partial charge on any atom is -0.493 e. The van der Waals surface area contributed by atoms with Crippen LogP contribution in [-0.2, 0) is 17.0 Å². The average molecular weight is 462 g/mol. The number of benzene rings is 2. The molecule has 2 aromatic rings. The van der Waals surface area contributed by atoms with Gasteiger partial charge in [-0.3, -0.25) is 4.90 Å². The molecule has 1 unspecified atom stereocenters. The van der Waals surface area contributed by atoms with Gasteiger partial charge in [0.05, 0.1) is 33.3 Å². The molecule has 0 aliphatic carbocycles. The summed E-state index contributed by atoms with van der Waals surface area (Å²) in [5, 5.41) is 0. The number of hydrogen-bond acceptors (Lipinski definition) is 8. The highest BCUT2D eigenvalue weighted by molar-refractivity contribution is 6.17. The van der Waals surface area contributed by atoms with Crippen molar-refractivity contribution in [3.05, 3.63) is 39.9 Å². The monoisotopic (exact) mass is 461 g/mol. The van der Waals surface area contributed by atoms with Gasteiger partial charge in [0.25, 0.3) is 0 Å². The lowest BCUT2D eigenvalue weighted by Crippen LogP contribution is -2.37. The highest BCUT2D eigenvalue weighted by atomic mass is 35.5. The van der Waals surface area contributed by atoms with Crippen molar-refractivity contribution in [3.63, 3.8) is 0 Å². The highest BCUT2D eigenvalue weighted by Crippen LogP contribution is 2.57. The van der Waals surface area contributed by atoms with Gasteiger partial charge in [-0.1, -0.05) is 6.07 Å². The Hall–Kier alpha value is -2.84. The number of cyclic esters (lactones) is 1. The number of ether oxygens (including phenoxy) is 6. The van der Waals surface area contributed by atoms with Crippen molar-refractivity contribution in [1.82, 2.24) is 4.90 Å². The number of esters is 1. The molecular formula is C23H24ClNO7. The van der Waals surface area contributed by atoms with Crippen molar-refractivity contribution in [2.45, 2.75) is 24.4 Å². The number of halogens is 1. The van der Waals surface area contributed by atoms with Crippen LogP contribution in [-0.4, -0.2) is 52.6 Å². The predicted molar refractivity (Wildman–Crippen MR) is 115 cm³/mol. The number of alkyl halides is 1. The normalized spacial score (nSPS) is 21.1. The zero-order chi connectivity index (χ0) is 22.6. The van der Waals surface area contributed by atoms with Crippen LogP contribution in [0.5, 0.6) is 28.7 Å². The molecule has 8 nitrogen and oxygen atoms in total. The minimum absolute atomic E-state index is 0.108. The molecule has 2 atom stereocenters. The van der Waals surface area contributed by atoms with Crippen molar-refractivity contribution in [2.75, 3.05) is 41.7 Å². The Morgan fingerprint density at radius 2 is 1.84 bits per heavy atom. The van der Waals surface area contributed by atoms with Gasteiger partial charge in [0, 0.05) is 23.2 Å². The molecular weight excluding hydrogens is 438 g/mol. The number of carbonyl (C=O) groups excluding carboxylic acids is 1. The predicted octanol–water partition coefficient (Wildman–Crippen LogP) is 3.62. The van der Waals surface area contributed by atoms with Crippen molar-refractivity contribution < 1.29 is 33.2 Å². The van der Waals surface area contributed by atoms with E-state index in [1.54, 1.807) is 13.2 Å². The molecule has 3 heterocycles. The summed E-state index contributed by atoms with van der Waals surface area (Å²) in [5.74, 6) is 2.44. The summed E-state index contributed by atoms with van der Waals surface area (Å²) in [6.45, 7) is 0.859. The summed E-state index contributed by atoms with van der Waals surface area (Å²) in [4.78, 5) is 15.1. The Balaban J connectivity index is 1.73. The maximum atomic E-state index is 13.0. The second kappa shape index (κ2) is 7.94. The molecule has 9 heteroatoms. The summed E-state index contributed by atoms with van der Waals surface area (Å²) < 4.78 is 34.2. The quantitative estimate of drug-likeness (QED) is 0.493. The second-order valence-corrected chi connectivity index (χ2v) is 8.14. The third kappa shape index (κ3) is 2.82. The minimum atomic E-state index is -0.571. The van der Waals surface area contributed by atoms with E-state index in [-0.39, 0.29) is 18.7 Å². The fraction of sp³-hybridized carbons (Fsp3) is 0.435. The van der Waals surface area contributed by atoms with E-state index >= 15 is 0 Å². The third-order valence-corrected chi connectivity index (χ3v) is 6.73. The molecule has 3 aliphatic rings. The summed E-state index contributed by atoms with van der Waals surface area (Å²) >= 11 is 6.36. The van der Waals surface area contributed by atoms with E-state index < -0.39 is 12.1 Å². The Bertz CT molecular complexity index is 1100. The fourth-order valence-corrected chi connectivity index (χ4v) is 5.35. The van der Waals surface area contributed by atoms with Crippen molar-refractivity contribution in [1.29, 1.82) is 0 Å².